The number of nitrogens with zero attached hydrogens (tertiary/aromatic N) is 2. The molecule has 0 atom stereocenters. The number of anilines is 2. The van der Waals surface area contributed by atoms with Gasteiger partial charge in [-0.3, -0.25) is 0 Å². The summed E-state index contributed by atoms with van der Waals surface area (Å²) in [4.78, 5) is 8.31. The van der Waals surface area contributed by atoms with Gasteiger partial charge in [-0.1, -0.05) is 25.7 Å². The highest BCUT2D eigenvalue weighted by atomic mass is 15.1. The summed E-state index contributed by atoms with van der Waals surface area (Å²) >= 11 is 0. The molecule has 1 aliphatic rings. The fourth-order valence-corrected chi connectivity index (χ4v) is 2.02. The minimum Gasteiger partial charge on any atom is -0.396 e. The average Bonchev–Trinajstić information content (AvgIpc) is 2.50. The molecule has 82 valence electrons. The summed E-state index contributed by atoms with van der Waals surface area (Å²) in [5, 5.41) is 3.37. The molecule has 0 saturated heterocycles. The largest absolute Gasteiger partial charge is 0.396 e. The van der Waals surface area contributed by atoms with Crippen molar-refractivity contribution >= 4 is 11.6 Å². The predicted octanol–water partition coefficient (Wildman–Crippen LogP) is 2.19. The van der Waals surface area contributed by atoms with Crippen molar-refractivity contribution in [2.24, 2.45) is 0 Å². The summed E-state index contributed by atoms with van der Waals surface area (Å²) < 4.78 is 0. The maximum Gasteiger partial charge on any atom is 0.222 e. The number of aromatic nitrogens is 2. The molecular formula is C11H18N4. The van der Waals surface area contributed by atoms with Crippen LogP contribution in [-0.2, 0) is 0 Å². The fourth-order valence-electron chi connectivity index (χ4n) is 2.02. The minimum absolute atomic E-state index is 0.538. The third kappa shape index (κ3) is 3.08. The van der Waals surface area contributed by atoms with Crippen LogP contribution in [0.5, 0.6) is 0 Å². The summed E-state index contributed by atoms with van der Waals surface area (Å²) in [6.45, 7) is 0. The molecule has 15 heavy (non-hydrogen) atoms. The van der Waals surface area contributed by atoms with E-state index >= 15 is 0 Å². The molecule has 0 spiro atoms. The highest BCUT2D eigenvalue weighted by molar-refractivity contribution is 5.36. The molecular weight excluding hydrogens is 188 g/mol. The van der Waals surface area contributed by atoms with Crippen molar-refractivity contribution in [3.63, 3.8) is 0 Å². The van der Waals surface area contributed by atoms with Crippen LogP contribution in [0.1, 0.15) is 38.5 Å². The second kappa shape index (κ2) is 4.96. The van der Waals surface area contributed by atoms with Crippen molar-refractivity contribution in [1.82, 2.24) is 9.97 Å². The van der Waals surface area contributed by atoms with E-state index in [0.29, 0.717) is 17.7 Å². The Morgan fingerprint density at radius 2 is 1.67 bits per heavy atom. The summed E-state index contributed by atoms with van der Waals surface area (Å²) in [5.41, 5.74) is 6.14. The smallest absolute Gasteiger partial charge is 0.222 e. The van der Waals surface area contributed by atoms with Crippen LogP contribution in [0.4, 0.5) is 11.6 Å². The minimum atomic E-state index is 0.538. The van der Waals surface area contributed by atoms with E-state index in [2.05, 4.69) is 15.3 Å². The van der Waals surface area contributed by atoms with Gasteiger partial charge in [-0.05, 0) is 12.8 Å². The molecule has 1 aromatic heterocycles. The zero-order valence-electron chi connectivity index (χ0n) is 8.95. The molecule has 0 radical (unpaired) electrons. The Hall–Kier alpha value is -1.32. The van der Waals surface area contributed by atoms with Crippen LogP contribution in [0, 0.1) is 0 Å². The van der Waals surface area contributed by atoms with Gasteiger partial charge in [0, 0.05) is 6.04 Å². The summed E-state index contributed by atoms with van der Waals surface area (Å²) in [5.74, 6) is 0.705. The number of hydrogen-bond donors (Lipinski definition) is 2. The third-order valence-corrected chi connectivity index (χ3v) is 2.86. The predicted molar refractivity (Wildman–Crippen MR) is 61.6 cm³/mol. The Labute approximate surface area is 90.3 Å². The van der Waals surface area contributed by atoms with E-state index < -0.39 is 0 Å². The van der Waals surface area contributed by atoms with Crippen LogP contribution >= 0.6 is 0 Å². The summed E-state index contributed by atoms with van der Waals surface area (Å²) in [7, 11) is 0. The highest BCUT2D eigenvalue weighted by Gasteiger charge is 2.12. The van der Waals surface area contributed by atoms with Gasteiger partial charge in [-0.15, -0.1) is 0 Å². The first-order valence-electron chi connectivity index (χ1n) is 5.68. The van der Waals surface area contributed by atoms with Crippen molar-refractivity contribution in [3.8, 4) is 0 Å². The van der Waals surface area contributed by atoms with Crippen LogP contribution in [0.15, 0.2) is 12.4 Å². The molecule has 1 saturated carbocycles. The number of hydrogen-bond acceptors (Lipinski definition) is 4. The molecule has 4 heteroatoms. The van der Waals surface area contributed by atoms with Crippen LogP contribution < -0.4 is 11.1 Å². The second-order valence-electron chi connectivity index (χ2n) is 4.17. The van der Waals surface area contributed by atoms with Crippen molar-refractivity contribution in [1.29, 1.82) is 0 Å². The van der Waals surface area contributed by atoms with Crippen LogP contribution in [0.3, 0.4) is 0 Å². The van der Waals surface area contributed by atoms with Gasteiger partial charge in [0.2, 0.25) is 5.95 Å². The van der Waals surface area contributed by atoms with E-state index in [1.807, 2.05) is 0 Å². The molecule has 1 aliphatic carbocycles. The Morgan fingerprint density at radius 1 is 1.07 bits per heavy atom. The van der Waals surface area contributed by atoms with Crippen LogP contribution in [0.25, 0.3) is 0 Å². The molecule has 3 N–H and O–H groups in total. The molecule has 0 aromatic carbocycles. The van der Waals surface area contributed by atoms with E-state index in [1.54, 1.807) is 12.4 Å². The van der Waals surface area contributed by atoms with Gasteiger partial charge in [0.1, 0.15) is 0 Å². The van der Waals surface area contributed by atoms with E-state index in [-0.39, 0.29) is 0 Å². The lowest BCUT2D eigenvalue weighted by Gasteiger charge is -2.15. The molecule has 2 rings (SSSR count). The molecule has 1 fully saturated rings. The third-order valence-electron chi connectivity index (χ3n) is 2.86. The van der Waals surface area contributed by atoms with E-state index in [9.17, 15) is 0 Å². The molecule has 0 bridgehead atoms. The van der Waals surface area contributed by atoms with Gasteiger partial charge in [-0.2, -0.15) is 0 Å². The van der Waals surface area contributed by atoms with Crippen molar-refractivity contribution in [2.75, 3.05) is 11.1 Å². The van der Waals surface area contributed by atoms with Crippen molar-refractivity contribution in [2.45, 2.75) is 44.6 Å². The van der Waals surface area contributed by atoms with Gasteiger partial charge >= 0.3 is 0 Å². The first-order valence-corrected chi connectivity index (χ1v) is 5.68. The van der Waals surface area contributed by atoms with Crippen LogP contribution in [-0.4, -0.2) is 16.0 Å². The van der Waals surface area contributed by atoms with E-state index in [4.69, 9.17) is 5.73 Å². The molecule has 1 heterocycles. The first kappa shape index (κ1) is 10.2. The normalized spacial score (nSPS) is 18.4. The van der Waals surface area contributed by atoms with E-state index in [1.165, 1.54) is 38.5 Å². The maximum absolute atomic E-state index is 5.53. The number of nitrogens with two attached hydrogens (primary N) is 1. The Morgan fingerprint density at radius 3 is 2.27 bits per heavy atom. The summed E-state index contributed by atoms with van der Waals surface area (Å²) in [6.07, 6.45) is 11.1. The zero-order valence-corrected chi connectivity index (χ0v) is 8.95. The Kier molecular flexibility index (Phi) is 3.37. The van der Waals surface area contributed by atoms with Gasteiger partial charge in [-0.25, -0.2) is 9.97 Å². The quantitative estimate of drug-likeness (QED) is 0.728. The van der Waals surface area contributed by atoms with Crippen molar-refractivity contribution < 1.29 is 0 Å². The monoisotopic (exact) mass is 206 g/mol. The van der Waals surface area contributed by atoms with Crippen LogP contribution in [0.2, 0.25) is 0 Å². The number of nitrogens with one attached hydrogen (secondary N) is 1. The Bertz CT molecular complexity index is 288. The maximum atomic E-state index is 5.53. The summed E-state index contributed by atoms with van der Waals surface area (Å²) in [6, 6.07) is 0.538. The van der Waals surface area contributed by atoms with E-state index in [0.717, 1.165) is 0 Å². The molecule has 0 amide bonds. The SMILES string of the molecule is Nc1cnc(NC2CCCCCC2)nc1. The highest BCUT2D eigenvalue weighted by Crippen LogP contribution is 2.19. The lowest BCUT2D eigenvalue weighted by molar-refractivity contribution is 0.615. The van der Waals surface area contributed by atoms with Crippen molar-refractivity contribution in [3.05, 3.63) is 12.4 Å². The Balaban J connectivity index is 1.92. The van der Waals surface area contributed by atoms with Gasteiger partial charge in [0.15, 0.2) is 0 Å². The lowest BCUT2D eigenvalue weighted by atomic mass is 10.1. The van der Waals surface area contributed by atoms with Gasteiger partial charge in [0.05, 0.1) is 18.1 Å². The average molecular weight is 206 g/mol. The first-order chi connectivity index (χ1) is 7.34. The molecule has 4 nitrogen and oxygen atoms in total. The number of rotatable bonds is 2. The number of nitrogen functional groups attached to an aromatic ring is 1. The zero-order chi connectivity index (χ0) is 10.5. The molecule has 0 aliphatic heterocycles. The topological polar surface area (TPSA) is 63.8 Å². The standard InChI is InChI=1S/C11H18N4/c12-9-7-13-11(14-8-9)15-10-5-3-1-2-4-6-10/h7-8,10H,1-6,12H2,(H,13,14,15). The van der Waals surface area contributed by atoms with Gasteiger partial charge in [0.25, 0.3) is 0 Å². The second-order valence-corrected chi connectivity index (χ2v) is 4.17. The fraction of sp³-hybridized carbons (Fsp3) is 0.636. The molecule has 1 aromatic rings. The van der Waals surface area contributed by atoms with Gasteiger partial charge < -0.3 is 11.1 Å². The molecule has 0 unspecified atom stereocenters. The lowest BCUT2D eigenvalue weighted by Crippen LogP contribution is -2.19.